The van der Waals surface area contributed by atoms with Crippen LogP contribution in [-0.2, 0) is 41.6 Å². The standard InChI is InChI=1S/C29H26FN3O6S.CH3NO/c1-37-28(36)21-6-7-23(24(30)12-21)20-4-2-18(3-5-20)11-26(34)33-17-29(38-8-9-39-29)13-25(33)27(35)32-15-22-10-19(14-31)16-40-22;2-1-3/h2-7,10,12,16,25H,8-9,11,13,15,17H2,1H3,(H,32,35);1H,(H2,2,3). The predicted molar refractivity (Wildman–Crippen MR) is 153 cm³/mol. The summed E-state index contributed by atoms with van der Waals surface area (Å²) in [6.45, 7) is 1.16. The molecule has 43 heavy (non-hydrogen) atoms. The monoisotopic (exact) mass is 608 g/mol. The van der Waals surface area contributed by atoms with Gasteiger partial charge in [0.1, 0.15) is 17.9 Å². The van der Waals surface area contributed by atoms with Crippen molar-refractivity contribution in [2.45, 2.75) is 31.2 Å². The predicted octanol–water partition coefficient (Wildman–Crippen LogP) is 2.52. The molecule has 1 atom stereocenters. The lowest BCUT2D eigenvalue weighted by atomic mass is 10.0. The second-order valence-electron chi connectivity index (χ2n) is 9.68. The highest BCUT2D eigenvalue weighted by Crippen LogP contribution is 2.35. The van der Waals surface area contributed by atoms with E-state index in [9.17, 15) is 18.8 Å². The molecule has 2 aliphatic heterocycles. The molecule has 2 fully saturated rings. The van der Waals surface area contributed by atoms with Crippen molar-refractivity contribution in [1.82, 2.24) is 10.2 Å². The summed E-state index contributed by atoms with van der Waals surface area (Å²) in [4.78, 5) is 49.2. The Morgan fingerprint density at radius 2 is 1.91 bits per heavy atom. The average Bonchev–Trinajstić information content (AvgIpc) is 3.77. The molecule has 5 rings (SSSR count). The summed E-state index contributed by atoms with van der Waals surface area (Å²) < 4.78 is 30.9. The van der Waals surface area contributed by atoms with Gasteiger partial charge in [0.15, 0.2) is 5.79 Å². The average molecular weight is 609 g/mol. The third-order valence-corrected chi connectivity index (χ3v) is 7.90. The topological polar surface area (TPSA) is 161 Å². The number of benzene rings is 2. The number of amides is 3. The van der Waals surface area contributed by atoms with Crippen LogP contribution < -0.4 is 11.1 Å². The Morgan fingerprint density at radius 3 is 2.51 bits per heavy atom. The lowest BCUT2D eigenvalue weighted by Gasteiger charge is -2.24. The summed E-state index contributed by atoms with van der Waals surface area (Å²) in [5, 5.41) is 13.6. The van der Waals surface area contributed by atoms with E-state index >= 15 is 0 Å². The number of carbonyl (C=O) groups is 4. The number of ether oxygens (including phenoxy) is 3. The number of methoxy groups -OCH3 is 1. The van der Waals surface area contributed by atoms with E-state index < -0.39 is 23.6 Å². The van der Waals surface area contributed by atoms with Gasteiger partial charge >= 0.3 is 5.97 Å². The number of esters is 1. The number of rotatable bonds is 7. The van der Waals surface area contributed by atoms with Crippen LogP contribution in [0.5, 0.6) is 0 Å². The second kappa shape index (κ2) is 14.0. The van der Waals surface area contributed by atoms with E-state index in [1.165, 1.54) is 35.5 Å². The van der Waals surface area contributed by atoms with Gasteiger partial charge in [-0.05, 0) is 29.3 Å². The van der Waals surface area contributed by atoms with E-state index in [0.717, 1.165) is 10.9 Å². The van der Waals surface area contributed by atoms with Crippen molar-refractivity contribution in [1.29, 1.82) is 5.26 Å². The molecule has 3 amide bonds. The van der Waals surface area contributed by atoms with Crippen molar-refractivity contribution in [3.8, 4) is 17.2 Å². The number of primary amides is 1. The number of nitrogens with one attached hydrogen (secondary N) is 1. The highest BCUT2D eigenvalue weighted by atomic mass is 32.1. The van der Waals surface area contributed by atoms with Gasteiger partial charge in [0, 0.05) is 22.2 Å². The molecule has 0 radical (unpaired) electrons. The maximum absolute atomic E-state index is 14.7. The van der Waals surface area contributed by atoms with Gasteiger partial charge in [-0.15, -0.1) is 11.3 Å². The third kappa shape index (κ3) is 7.42. The molecule has 0 aliphatic carbocycles. The van der Waals surface area contributed by atoms with Crippen molar-refractivity contribution < 1.29 is 37.8 Å². The Bertz CT molecular complexity index is 1530. The third-order valence-electron chi connectivity index (χ3n) is 6.96. The number of hydrogen-bond acceptors (Lipinski definition) is 9. The van der Waals surface area contributed by atoms with Gasteiger partial charge in [-0.1, -0.05) is 30.3 Å². The molecule has 2 saturated heterocycles. The molecule has 2 aromatic carbocycles. The van der Waals surface area contributed by atoms with Crippen LogP contribution in [0.15, 0.2) is 53.9 Å². The maximum atomic E-state index is 14.7. The van der Waals surface area contributed by atoms with Gasteiger partial charge in [0.2, 0.25) is 18.2 Å². The molecule has 3 heterocycles. The molecule has 1 unspecified atom stereocenters. The number of halogens is 1. The minimum atomic E-state index is -1.01. The molecule has 1 spiro atoms. The molecule has 11 nitrogen and oxygen atoms in total. The van der Waals surface area contributed by atoms with Gasteiger partial charge in [0.25, 0.3) is 0 Å². The van der Waals surface area contributed by atoms with Crippen LogP contribution >= 0.6 is 11.3 Å². The quantitative estimate of drug-likeness (QED) is 0.306. The van der Waals surface area contributed by atoms with Gasteiger partial charge in [-0.2, -0.15) is 5.26 Å². The van der Waals surface area contributed by atoms with Gasteiger partial charge in [-0.25, -0.2) is 9.18 Å². The fraction of sp³-hybridized carbons (Fsp3) is 0.300. The summed E-state index contributed by atoms with van der Waals surface area (Å²) in [7, 11) is 1.23. The normalized spacial score (nSPS) is 16.6. The minimum absolute atomic E-state index is 0.0281. The zero-order chi connectivity index (χ0) is 31.0. The van der Waals surface area contributed by atoms with Crippen molar-refractivity contribution >= 4 is 35.5 Å². The number of carbonyl (C=O) groups excluding carboxylic acids is 4. The molecule has 224 valence electrons. The van der Waals surface area contributed by atoms with Crippen molar-refractivity contribution in [2.75, 3.05) is 26.9 Å². The number of thiophene rings is 1. The lowest BCUT2D eigenvalue weighted by Crippen LogP contribution is -2.46. The Balaban J connectivity index is 0.00000135. The first-order valence-corrected chi connectivity index (χ1v) is 14.1. The molecule has 2 aliphatic rings. The first-order valence-electron chi connectivity index (χ1n) is 13.2. The SMILES string of the molecule is COC(=O)c1ccc(-c2ccc(CC(=O)N3CC4(CC3C(=O)NCc3cc(C#N)cs3)OCCO4)cc2)c(F)c1.NC=O. The Labute approximate surface area is 250 Å². The lowest BCUT2D eigenvalue weighted by molar-refractivity contribution is -0.152. The fourth-order valence-corrected chi connectivity index (χ4v) is 5.69. The first-order chi connectivity index (χ1) is 20.7. The molecular formula is C30H29FN4O7S. The first kappa shape index (κ1) is 31.3. The van der Waals surface area contributed by atoms with E-state index in [1.54, 1.807) is 35.7 Å². The van der Waals surface area contributed by atoms with E-state index in [4.69, 9.17) is 19.5 Å². The van der Waals surface area contributed by atoms with Gasteiger partial charge in [-0.3, -0.25) is 14.4 Å². The van der Waals surface area contributed by atoms with E-state index in [2.05, 4.69) is 21.9 Å². The van der Waals surface area contributed by atoms with Crippen molar-refractivity contribution in [3.63, 3.8) is 0 Å². The van der Waals surface area contributed by atoms with Crippen LogP contribution in [-0.4, -0.2) is 67.8 Å². The summed E-state index contributed by atoms with van der Waals surface area (Å²) in [5.74, 6) is -2.78. The molecule has 1 aromatic heterocycles. The summed E-state index contributed by atoms with van der Waals surface area (Å²) in [5.41, 5.74) is 6.41. The molecule has 0 bridgehead atoms. The van der Waals surface area contributed by atoms with E-state index in [0.29, 0.717) is 35.5 Å². The Hall–Kier alpha value is -4.64. The smallest absolute Gasteiger partial charge is 0.337 e. The highest BCUT2D eigenvalue weighted by molar-refractivity contribution is 7.10. The molecule has 3 aromatic rings. The van der Waals surface area contributed by atoms with Crippen LogP contribution in [0.2, 0.25) is 0 Å². The zero-order valence-corrected chi connectivity index (χ0v) is 24.0. The Morgan fingerprint density at radius 1 is 1.21 bits per heavy atom. The number of nitrogens with two attached hydrogens (primary N) is 1. The summed E-state index contributed by atoms with van der Waals surface area (Å²) in [6.07, 6.45) is 0.499. The van der Waals surface area contributed by atoms with Crippen molar-refractivity contribution in [3.05, 3.63) is 81.3 Å². The van der Waals surface area contributed by atoms with Crippen LogP contribution in [0.1, 0.15) is 32.8 Å². The molecule has 13 heteroatoms. The maximum Gasteiger partial charge on any atom is 0.337 e. The van der Waals surface area contributed by atoms with Crippen molar-refractivity contribution in [2.24, 2.45) is 5.73 Å². The van der Waals surface area contributed by atoms with E-state index in [-0.39, 0.29) is 49.7 Å². The zero-order valence-electron chi connectivity index (χ0n) is 23.2. The van der Waals surface area contributed by atoms with E-state index in [1.807, 2.05) is 0 Å². The minimum Gasteiger partial charge on any atom is -0.465 e. The largest absolute Gasteiger partial charge is 0.465 e. The van der Waals surface area contributed by atoms with Gasteiger partial charge < -0.3 is 30.2 Å². The number of nitriles is 1. The highest BCUT2D eigenvalue weighted by Gasteiger charge is 2.52. The molecular weight excluding hydrogens is 579 g/mol. The van der Waals surface area contributed by atoms with Gasteiger partial charge in [0.05, 0.1) is 51.0 Å². The van der Waals surface area contributed by atoms with Crippen LogP contribution in [0.25, 0.3) is 11.1 Å². The molecule has 0 saturated carbocycles. The van der Waals surface area contributed by atoms with Crippen LogP contribution in [0.4, 0.5) is 4.39 Å². The number of hydrogen-bond donors (Lipinski definition) is 2. The number of nitrogens with zero attached hydrogens (tertiary/aromatic N) is 2. The second-order valence-corrected chi connectivity index (χ2v) is 10.7. The Kier molecular flexibility index (Phi) is 10.2. The summed E-state index contributed by atoms with van der Waals surface area (Å²) >= 11 is 1.38. The summed E-state index contributed by atoms with van der Waals surface area (Å²) in [6, 6.07) is 14.0. The number of likely N-dealkylation sites (tertiary alicyclic amines) is 1. The van der Waals surface area contributed by atoms with Crippen LogP contribution in [0.3, 0.4) is 0 Å². The fourth-order valence-electron chi connectivity index (χ4n) is 4.94. The van der Waals surface area contributed by atoms with Crippen LogP contribution in [0, 0.1) is 17.1 Å². The molecule has 3 N–H and O–H groups in total.